The molecular weight excluding hydrogens is 212 g/mol. The molecular formula is C11H13F2N3. The van der Waals surface area contributed by atoms with Gasteiger partial charge in [-0.1, -0.05) is 6.07 Å². The van der Waals surface area contributed by atoms with Crippen LogP contribution in [0, 0.1) is 0 Å². The predicted octanol–water partition coefficient (Wildman–Crippen LogP) is 2.01. The third-order valence-corrected chi connectivity index (χ3v) is 2.61. The zero-order valence-electron chi connectivity index (χ0n) is 8.95. The zero-order chi connectivity index (χ0) is 11.8. The van der Waals surface area contributed by atoms with Crippen molar-refractivity contribution in [3.63, 3.8) is 0 Å². The normalized spacial score (nSPS) is 12.2. The lowest BCUT2D eigenvalue weighted by Gasteiger charge is -2.15. The molecule has 16 heavy (non-hydrogen) atoms. The van der Waals surface area contributed by atoms with Gasteiger partial charge in [0.25, 0.3) is 5.92 Å². The van der Waals surface area contributed by atoms with Crippen LogP contribution in [0.25, 0.3) is 11.0 Å². The first kappa shape index (κ1) is 11.0. The minimum Gasteiger partial charge on any atom is -0.334 e. The first-order valence-corrected chi connectivity index (χ1v) is 5.04. The van der Waals surface area contributed by atoms with E-state index in [0.29, 0.717) is 5.52 Å². The molecule has 1 aromatic heterocycles. The van der Waals surface area contributed by atoms with E-state index in [9.17, 15) is 8.78 Å². The van der Waals surface area contributed by atoms with E-state index < -0.39 is 5.92 Å². The lowest BCUT2D eigenvalue weighted by Crippen LogP contribution is -2.18. The van der Waals surface area contributed by atoms with Gasteiger partial charge in [-0.05, 0) is 18.7 Å². The third kappa shape index (κ3) is 1.78. The number of fused-ring (bicyclic) bond motifs is 1. The van der Waals surface area contributed by atoms with Gasteiger partial charge >= 0.3 is 0 Å². The maximum absolute atomic E-state index is 13.6. The Morgan fingerprint density at radius 3 is 2.88 bits per heavy atom. The average Bonchev–Trinajstić information content (AvgIpc) is 2.60. The molecule has 5 heteroatoms. The number of aromatic nitrogens is 2. The highest BCUT2D eigenvalue weighted by molar-refractivity contribution is 5.76. The van der Waals surface area contributed by atoms with Gasteiger partial charge in [0.1, 0.15) is 0 Å². The summed E-state index contributed by atoms with van der Waals surface area (Å²) in [6.45, 7) is -0.0345. The third-order valence-electron chi connectivity index (χ3n) is 2.61. The van der Waals surface area contributed by atoms with Crippen molar-refractivity contribution in [3.8, 4) is 0 Å². The second-order valence-electron chi connectivity index (χ2n) is 3.80. The van der Waals surface area contributed by atoms with Crippen LogP contribution in [0.3, 0.4) is 0 Å². The Balaban J connectivity index is 2.46. The smallest absolute Gasteiger partial charge is 0.274 e. The molecule has 0 aliphatic rings. The van der Waals surface area contributed by atoms with Crippen LogP contribution in [0.2, 0.25) is 0 Å². The van der Waals surface area contributed by atoms with Gasteiger partial charge in [-0.25, -0.2) is 13.8 Å². The summed E-state index contributed by atoms with van der Waals surface area (Å²) in [5.74, 6) is -2.87. The van der Waals surface area contributed by atoms with Gasteiger partial charge in [-0.15, -0.1) is 0 Å². The maximum atomic E-state index is 13.6. The number of aryl methyl sites for hydroxylation is 1. The molecule has 0 aliphatic heterocycles. The van der Waals surface area contributed by atoms with Gasteiger partial charge in [-0.3, -0.25) is 0 Å². The van der Waals surface area contributed by atoms with E-state index in [1.807, 2.05) is 7.05 Å². The summed E-state index contributed by atoms with van der Waals surface area (Å²) in [4.78, 5) is 4.05. The van der Waals surface area contributed by atoms with Crippen LogP contribution in [-0.4, -0.2) is 16.1 Å². The monoisotopic (exact) mass is 225 g/mol. The molecule has 0 atom stereocenters. The largest absolute Gasteiger partial charge is 0.334 e. The van der Waals surface area contributed by atoms with E-state index in [-0.39, 0.29) is 18.5 Å². The summed E-state index contributed by atoms with van der Waals surface area (Å²) in [5, 5.41) is 0. The van der Waals surface area contributed by atoms with Crippen LogP contribution < -0.4 is 5.73 Å². The fraction of sp³-hybridized carbons (Fsp3) is 0.364. The number of nitrogens with two attached hydrogens (primary N) is 1. The van der Waals surface area contributed by atoms with Crippen LogP contribution in [-0.2, 0) is 13.0 Å². The molecule has 0 fully saturated rings. The lowest BCUT2D eigenvalue weighted by atomic mass is 10.0. The van der Waals surface area contributed by atoms with Gasteiger partial charge in [0.05, 0.1) is 17.4 Å². The number of hydrogen-bond donors (Lipinski definition) is 1. The summed E-state index contributed by atoms with van der Waals surface area (Å²) in [6.07, 6.45) is 1.26. The highest BCUT2D eigenvalue weighted by atomic mass is 19.3. The second-order valence-corrected chi connectivity index (χ2v) is 3.80. The molecule has 1 aromatic carbocycles. The number of rotatable bonds is 3. The van der Waals surface area contributed by atoms with E-state index in [4.69, 9.17) is 5.73 Å². The van der Waals surface area contributed by atoms with Gasteiger partial charge < -0.3 is 10.3 Å². The Morgan fingerprint density at radius 1 is 1.44 bits per heavy atom. The molecule has 0 unspecified atom stereocenters. The molecule has 0 saturated heterocycles. The SMILES string of the molecule is Cn1cnc2cc(C(F)(F)CCN)ccc21. The van der Waals surface area contributed by atoms with Gasteiger partial charge in [0, 0.05) is 19.0 Å². The number of hydrogen-bond acceptors (Lipinski definition) is 2. The fourth-order valence-electron chi connectivity index (χ4n) is 1.69. The quantitative estimate of drug-likeness (QED) is 0.868. The molecule has 0 amide bonds. The fourth-order valence-corrected chi connectivity index (χ4v) is 1.69. The van der Waals surface area contributed by atoms with Crippen LogP contribution in [0.4, 0.5) is 8.78 Å². The van der Waals surface area contributed by atoms with Crippen molar-refractivity contribution in [1.82, 2.24) is 9.55 Å². The van der Waals surface area contributed by atoms with Crippen LogP contribution in [0.1, 0.15) is 12.0 Å². The molecule has 0 saturated carbocycles. The van der Waals surface area contributed by atoms with E-state index in [1.54, 1.807) is 17.0 Å². The van der Waals surface area contributed by atoms with E-state index >= 15 is 0 Å². The van der Waals surface area contributed by atoms with E-state index in [2.05, 4.69) is 4.98 Å². The van der Waals surface area contributed by atoms with Gasteiger partial charge in [0.15, 0.2) is 0 Å². The van der Waals surface area contributed by atoms with Crippen molar-refractivity contribution < 1.29 is 8.78 Å². The Labute approximate surface area is 91.9 Å². The Hall–Kier alpha value is -1.49. The average molecular weight is 225 g/mol. The predicted molar refractivity (Wildman–Crippen MR) is 58.3 cm³/mol. The highest BCUT2D eigenvalue weighted by Gasteiger charge is 2.30. The van der Waals surface area contributed by atoms with Crippen molar-refractivity contribution in [1.29, 1.82) is 0 Å². The zero-order valence-corrected chi connectivity index (χ0v) is 8.95. The van der Waals surface area contributed by atoms with Crippen molar-refractivity contribution in [3.05, 3.63) is 30.1 Å². The molecule has 3 nitrogen and oxygen atoms in total. The summed E-state index contributed by atoms with van der Waals surface area (Å²) in [7, 11) is 1.83. The second kappa shape index (κ2) is 3.83. The van der Waals surface area contributed by atoms with Crippen LogP contribution in [0.5, 0.6) is 0 Å². The Bertz CT molecular complexity index is 505. The Morgan fingerprint density at radius 2 is 2.19 bits per heavy atom. The number of nitrogens with zero attached hydrogens (tertiary/aromatic N) is 2. The number of alkyl halides is 2. The van der Waals surface area contributed by atoms with Crippen molar-refractivity contribution >= 4 is 11.0 Å². The summed E-state index contributed by atoms with van der Waals surface area (Å²) >= 11 is 0. The molecule has 0 radical (unpaired) electrons. The number of halogens is 2. The molecule has 86 valence electrons. The number of benzene rings is 1. The summed E-state index contributed by atoms with van der Waals surface area (Å²) in [6, 6.07) is 4.51. The van der Waals surface area contributed by atoms with Crippen LogP contribution in [0.15, 0.2) is 24.5 Å². The minimum atomic E-state index is -2.87. The summed E-state index contributed by atoms with van der Waals surface area (Å²) in [5.41, 5.74) is 6.57. The van der Waals surface area contributed by atoms with E-state index in [0.717, 1.165) is 5.52 Å². The number of imidazole rings is 1. The molecule has 2 N–H and O–H groups in total. The summed E-state index contributed by atoms with van der Waals surface area (Å²) < 4.78 is 28.9. The molecule has 2 rings (SSSR count). The molecule has 0 aliphatic carbocycles. The maximum Gasteiger partial charge on any atom is 0.274 e. The van der Waals surface area contributed by atoms with Crippen molar-refractivity contribution in [2.24, 2.45) is 12.8 Å². The van der Waals surface area contributed by atoms with Gasteiger partial charge in [-0.2, -0.15) is 0 Å². The first-order chi connectivity index (χ1) is 7.54. The molecule has 0 spiro atoms. The lowest BCUT2D eigenvalue weighted by molar-refractivity contribution is -0.0106. The molecule has 0 bridgehead atoms. The molecule has 1 heterocycles. The topological polar surface area (TPSA) is 43.8 Å². The van der Waals surface area contributed by atoms with E-state index in [1.165, 1.54) is 12.1 Å². The minimum absolute atomic E-state index is 0.0239. The van der Waals surface area contributed by atoms with Crippen LogP contribution >= 0.6 is 0 Å². The van der Waals surface area contributed by atoms with Gasteiger partial charge in [0.2, 0.25) is 0 Å². The Kier molecular flexibility index (Phi) is 2.63. The molecule has 2 aromatic rings. The van der Waals surface area contributed by atoms with Crippen molar-refractivity contribution in [2.75, 3.05) is 6.54 Å². The standard InChI is InChI=1S/C11H13F2N3/c1-16-7-15-9-6-8(2-3-10(9)16)11(12,13)4-5-14/h2-3,6-7H,4-5,14H2,1H3. The first-order valence-electron chi connectivity index (χ1n) is 5.04. The highest BCUT2D eigenvalue weighted by Crippen LogP contribution is 2.32. The van der Waals surface area contributed by atoms with Crippen molar-refractivity contribution in [2.45, 2.75) is 12.3 Å².